The van der Waals surface area contributed by atoms with Gasteiger partial charge in [0.25, 0.3) is 5.56 Å². The molecule has 0 spiro atoms. The molecule has 0 aliphatic carbocycles. The molecule has 0 fully saturated rings. The maximum atomic E-state index is 11.6. The predicted octanol–water partition coefficient (Wildman–Crippen LogP) is 3.31. The quantitative estimate of drug-likeness (QED) is 0.675. The SMILES string of the molecule is CCC(C)Sc1nc(Cc2ccsc2)cc(=O)[nH]1. The largest absolute Gasteiger partial charge is 0.301 e. The summed E-state index contributed by atoms with van der Waals surface area (Å²) >= 11 is 3.28. The van der Waals surface area contributed by atoms with Gasteiger partial charge in [0.15, 0.2) is 5.16 Å². The Balaban J connectivity index is 2.18. The number of thioether (sulfide) groups is 1. The molecule has 0 saturated carbocycles. The molecule has 1 unspecified atom stereocenters. The molecule has 0 aliphatic heterocycles. The van der Waals surface area contributed by atoms with Crippen LogP contribution in [0.15, 0.2) is 32.8 Å². The Morgan fingerprint density at radius 3 is 3.06 bits per heavy atom. The molecule has 3 nitrogen and oxygen atoms in total. The number of nitrogens with one attached hydrogen (secondary N) is 1. The van der Waals surface area contributed by atoms with Gasteiger partial charge < -0.3 is 4.98 Å². The summed E-state index contributed by atoms with van der Waals surface area (Å²) in [6, 6.07) is 3.65. The van der Waals surface area contributed by atoms with Gasteiger partial charge in [-0.1, -0.05) is 25.6 Å². The standard InChI is InChI=1S/C13H16N2OS2/c1-3-9(2)18-13-14-11(7-12(16)15-13)6-10-4-5-17-8-10/h4-5,7-9H,3,6H2,1-2H3,(H,14,15,16). The van der Waals surface area contributed by atoms with Gasteiger partial charge >= 0.3 is 0 Å². The highest BCUT2D eigenvalue weighted by Crippen LogP contribution is 2.21. The second kappa shape index (κ2) is 6.20. The third-order valence-electron chi connectivity index (χ3n) is 2.63. The van der Waals surface area contributed by atoms with Crippen LogP contribution in [-0.2, 0) is 6.42 Å². The normalized spacial score (nSPS) is 12.6. The van der Waals surface area contributed by atoms with E-state index in [9.17, 15) is 4.79 Å². The summed E-state index contributed by atoms with van der Waals surface area (Å²) in [7, 11) is 0. The van der Waals surface area contributed by atoms with Crippen LogP contribution < -0.4 is 5.56 Å². The highest BCUT2D eigenvalue weighted by Gasteiger charge is 2.07. The van der Waals surface area contributed by atoms with E-state index in [4.69, 9.17) is 0 Å². The number of nitrogens with zero attached hydrogens (tertiary/aromatic N) is 1. The average Bonchev–Trinajstić information content (AvgIpc) is 2.80. The van der Waals surface area contributed by atoms with Crippen molar-refractivity contribution in [2.45, 2.75) is 37.1 Å². The van der Waals surface area contributed by atoms with Crippen molar-refractivity contribution in [3.8, 4) is 0 Å². The molecule has 2 aromatic heterocycles. The van der Waals surface area contributed by atoms with Crippen LogP contribution in [0.5, 0.6) is 0 Å². The van der Waals surface area contributed by atoms with Crippen molar-refractivity contribution >= 4 is 23.1 Å². The van der Waals surface area contributed by atoms with E-state index in [0.29, 0.717) is 5.25 Å². The first-order valence-corrected chi connectivity index (χ1v) is 7.77. The Kier molecular flexibility index (Phi) is 4.60. The highest BCUT2D eigenvalue weighted by molar-refractivity contribution is 7.99. The van der Waals surface area contributed by atoms with E-state index < -0.39 is 0 Å². The maximum absolute atomic E-state index is 11.6. The molecule has 0 saturated heterocycles. The van der Waals surface area contributed by atoms with Gasteiger partial charge in [-0.25, -0.2) is 4.98 Å². The fourth-order valence-electron chi connectivity index (χ4n) is 1.51. The number of H-pyrrole nitrogens is 1. The first kappa shape index (κ1) is 13.4. The summed E-state index contributed by atoms with van der Waals surface area (Å²) in [4.78, 5) is 18.9. The van der Waals surface area contributed by atoms with Crippen molar-refractivity contribution in [2.24, 2.45) is 0 Å². The van der Waals surface area contributed by atoms with Crippen LogP contribution in [0.1, 0.15) is 31.5 Å². The van der Waals surface area contributed by atoms with Crippen LogP contribution in [0.25, 0.3) is 0 Å². The minimum absolute atomic E-state index is 0.0685. The molecule has 18 heavy (non-hydrogen) atoms. The summed E-state index contributed by atoms with van der Waals surface area (Å²) in [6.07, 6.45) is 1.78. The number of thiophene rings is 1. The lowest BCUT2D eigenvalue weighted by atomic mass is 10.2. The van der Waals surface area contributed by atoms with E-state index >= 15 is 0 Å². The van der Waals surface area contributed by atoms with Gasteiger partial charge in [0.2, 0.25) is 0 Å². The van der Waals surface area contributed by atoms with Gasteiger partial charge in [-0.05, 0) is 28.8 Å². The minimum Gasteiger partial charge on any atom is -0.301 e. The summed E-state index contributed by atoms with van der Waals surface area (Å²) in [6.45, 7) is 4.27. The predicted molar refractivity (Wildman–Crippen MR) is 77.6 cm³/mol. The Morgan fingerprint density at radius 2 is 2.39 bits per heavy atom. The van der Waals surface area contributed by atoms with E-state index in [2.05, 4.69) is 35.3 Å². The summed E-state index contributed by atoms with van der Waals surface area (Å²) in [5, 5.41) is 5.31. The second-order valence-electron chi connectivity index (χ2n) is 4.19. The van der Waals surface area contributed by atoms with Gasteiger partial charge in [-0.3, -0.25) is 4.79 Å². The van der Waals surface area contributed by atoms with Crippen molar-refractivity contribution in [3.63, 3.8) is 0 Å². The number of hydrogen-bond donors (Lipinski definition) is 1. The van der Waals surface area contributed by atoms with E-state index in [1.54, 1.807) is 29.2 Å². The van der Waals surface area contributed by atoms with Crippen LogP contribution in [0.3, 0.4) is 0 Å². The van der Waals surface area contributed by atoms with Gasteiger partial charge in [0, 0.05) is 17.7 Å². The van der Waals surface area contributed by atoms with Gasteiger partial charge in [-0.2, -0.15) is 11.3 Å². The van der Waals surface area contributed by atoms with E-state index in [0.717, 1.165) is 23.7 Å². The zero-order chi connectivity index (χ0) is 13.0. The zero-order valence-corrected chi connectivity index (χ0v) is 12.1. The molecular formula is C13H16N2OS2. The van der Waals surface area contributed by atoms with E-state index in [1.807, 2.05) is 5.38 Å². The van der Waals surface area contributed by atoms with Crippen molar-refractivity contribution in [1.82, 2.24) is 9.97 Å². The summed E-state index contributed by atoms with van der Waals surface area (Å²) in [5.41, 5.74) is 1.97. The molecule has 0 bridgehead atoms. The molecule has 2 rings (SSSR count). The average molecular weight is 280 g/mol. The Bertz CT molecular complexity index is 548. The number of rotatable bonds is 5. The van der Waals surface area contributed by atoms with Crippen LogP contribution in [0.2, 0.25) is 0 Å². The summed E-state index contributed by atoms with van der Waals surface area (Å²) < 4.78 is 0. The van der Waals surface area contributed by atoms with E-state index in [-0.39, 0.29) is 5.56 Å². The first-order chi connectivity index (χ1) is 8.67. The van der Waals surface area contributed by atoms with Crippen molar-refractivity contribution in [2.75, 3.05) is 0 Å². The van der Waals surface area contributed by atoms with Crippen molar-refractivity contribution < 1.29 is 0 Å². The minimum atomic E-state index is -0.0685. The molecule has 1 atom stereocenters. The third-order valence-corrected chi connectivity index (χ3v) is 4.51. The van der Waals surface area contributed by atoms with Crippen LogP contribution >= 0.6 is 23.1 Å². The molecule has 2 heterocycles. The van der Waals surface area contributed by atoms with Crippen molar-refractivity contribution in [1.29, 1.82) is 0 Å². The number of aromatic nitrogens is 2. The monoisotopic (exact) mass is 280 g/mol. The topological polar surface area (TPSA) is 45.8 Å². The molecule has 0 amide bonds. The Hall–Kier alpha value is -1.07. The summed E-state index contributed by atoms with van der Waals surface area (Å²) in [5.74, 6) is 0. The molecular weight excluding hydrogens is 264 g/mol. The second-order valence-corrected chi connectivity index (χ2v) is 6.39. The lowest BCUT2D eigenvalue weighted by molar-refractivity contribution is 0.854. The lowest BCUT2D eigenvalue weighted by Gasteiger charge is -2.07. The molecule has 0 aromatic carbocycles. The molecule has 0 aliphatic rings. The maximum Gasteiger partial charge on any atom is 0.251 e. The molecule has 1 N–H and O–H groups in total. The van der Waals surface area contributed by atoms with Crippen LogP contribution in [-0.4, -0.2) is 15.2 Å². The number of aromatic amines is 1. The highest BCUT2D eigenvalue weighted by atomic mass is 32.2. The van der Waals surface area contributed by atoms with Gasteiger partial charge in [0.1, 0.15) is 0 Å². The van der Waals surface area contributed by atoms with Gasteiger partial charge in [-0.15, -0.1) is 0 Å². The molecule has 0 radical (unpaired) electrons. The smallest absolute Gasteiger partial charge is 0.251 e. The van der Waals surface area contributed by atoms with Crippen LogP contribution in [0.4, 0.5) is 0 Å². The zero-order valence-electron chi connectivity index (χ0n) is 10.5. The van der Waals surface area contributed by atoms with E-state index in [1.165, 1.54) is 5.56 Å². The molecule has 5 heteroatoms. The number of hydrogen-bond acceptors (Lipinski definition) is 4. The first-order valence-electron chi connectivity index (χ1n) is 5.95. The van der Waals surface area contributed by atoms with Gasteiger partial charge in [0.05, 0.1) is 5.69 Å². The van der Waals surface area contributed by atoms with Crippen molar-refractivity contribution in [3.05, 3.63) is 44.5 Å². The lowest BCUT2D eigenvalue weighted by Crippen LogP contribution is -2.11. The fourth-order valence-corrected chi connectivity index (χ4v) is 3.05. The molecule has 2 aromatic rings. The fraction of sp³-hybridized carbons (Fsp3) is 0.385. The Morgan fingerprint density at radius 1 is 1.56 bits per heavy atom. The van der Waals surface area contributed by atoms with Crippen LogP contribution in [0, 0.1) is 0 Å². The third kappa shape index (κ3) is 3.71. The molecule has 96 valence electrons. The Labute approximate surface area is 115 Å².